The van der Waals surface area contributed by atoms with Gasteiger partial charge < -0.3 is 14.8 Å². The molecule has 0 fully saturated rings. The van der Waals surface area contributed by atoms with Gasteiger partial charge in [-0.3, -0.25) is 9.48 Å². The highest BCUT2D eigenvalue weighted by Gasteiger charge is 2.27. The highest BCUT2D eigenvalue weighted by molar-refractivity contribution is 6.06. The van der Waals surface area contributed by atoms with E-state index in [0.717, 1.165) is 4.68 Å². The second-order valence-corrected chi connectivity index (χ2v) is 6.77. The van der Waals surface area contributed by atoms with E-state index in [1.807, 2.05) is 0 Å². The Hall–Kier alpha value is -3.63. The van der Waals surface area contributed by atoms with E-state index < -0.39 is 47.1 Å². The van der Waals surface area contributed by atoms with Crippen molar-refractivity contribution in [2.24, 2.45) is 0 Å². The van der Waals surface area contributed by atoms with Gasteiger partial charge in [-0.05, 0) is 26.0 Å². The Bertz CT molecular complexity index is 1180. The third kappa shape index (κ3) is 3.97. The molecule has 0 aliphatic heterocycles. The third-order valence-electron chi connectivity index (χ3n) is 4.88. The number of aromatic nitrogens is 2. The smallest absolute Gasteiger partial charge is 0.259 e. The summed E-state index contributed by atoms with van der Waals surface area (Å²) in [5.41, 5.74) is -0.127. The first kappa shape index (κ1) is 23.0. The third-order valence-corrected chi connectivity index (χ3v) is 4.88. The maximum absolute atomic E-state index is 14.0. The van der Waals surface area contributed by atoms with Gasteiger partial charge in [0.15, 0.2) is 23.3 Å². The lowest BCUT2D eigenvalue weighted by Crippen LogP contribution is -2.15. The fourth-order valence-corrected chi connectivity index (χ4v) is 3.14. The average molecular weight is 455 g/mol. The molecule has 0 unspecified atom stereocenters. The van der Waals surface area contributed by atoms with Crippen molar-refractivity contribution in [3.05, 3.63) is 69.8 Å². The van der Waals surface area contributed by atoms with Gasteiger partial charge in [0.05, 0.1) is 49.0 Å². The molecule has 2 aromatic carbocycles. The molecule has 6 nitrogen and oxygen atoms in total. The number of rotatable bonds is 6. The molecule has 170 valence electrons. The summed E-state index contributed by atoms with van der Waals surface area (Å²) in [6.45, 7) is 2.26. The zero-order chi connectivity index (χ0) is 23.7. The second-order valence-electron chi connectivity index (χ2n) is 6.77. The van der Waals surface area contributed by atoms with Gasteiger partial charge >= 0.3 is 0 Å². The minimum absolute atomic E-state index is 0.180. The summed E-state index contributed by atoms with van der Waals surface area (Å²) in [6.07, 6.45) is 0. The molecule has 0 radical (unpaired) electrons. The van der Waals surface area contributed by atoms with Crippen LogP contribution in [-0.4, -0.2) is 29.9 Å². The first-order valence-electron chi connectivity index (χ1n) is 9.18. The fourth-order valence-electron chi connectivity index (χ4n) is 3.14. The van der Waals surface area contributed by atoms with Crippen LogP contribution < -0.4 is 14.8 Å². The predicted molar refractivity (Wildman–Crippen MR) is 105 cm³/mol. The van der Waals surface area contributed by atoms with Gasteiger partial charge in [0.2, 0.25) is 5.82 Å². The number of methoxy groups -OCH3 is 2. The Morgan fingerprint density at radius 2 is 1.56 bits per heavy atom. The van der Waals surface area contributed by atoms with Gasteiger partial charge in [0, 0.05) is 6.07 Å². The number of carbonyl (C=O) groups excluding carboxylic acids is 1. The molecule has 3 rings (SSSR count). The minimum Gasteiger partial charge on any atom is -0.497 e. The molecule has 0 atom stereocenters. The number of anilines is 1. The number of nitrogens with one attached hydrogen (secondary N) is 1. The Morgan fingerprint density at radius 1 is 0.969 bits per heavy atom. The van der Waals surface area contributed by atoms with E-state index in [4.69, 9.17) is 9.47 Å². The number of hydrogen-bond acceptors (Lipinski definition) is 4. The summed E-state index contributed by atoms with van der Waals surface area (Å²) in [4.78, 5) is 12.8. The zero-order valence-corrected chi connectivity index (χ0v) is 17.4. The molecule has 0 spiro atoms. The molecule has 0 aliphatic carbocycles. The molecule has 1 aromatic heterocycles. The van der Waals surface area contributed by atoms with E-state index in [2.05, 4.69) is 10.4 Å². The van der Waals surface area contributed by atoms with Crippen LogP contribution in [0.25, 0.3) is 0 Å². The first-order chi connectivity index (χ1) is 15.1. The van der Waals surface area contributed by atoms with Gasteiger partial charge in [0.25, 0.3) is 5.91 Å². The quantitative estimate of drug-likeness (QED) is 0.338. The first-order valence-corrected chi connectivity index (χ1v) is 9.18. The summed E-state index contributed by atoms with van der Waals surface area (Å²) < 4.78 is 79.7. The molecular formula is C21H18F5N3O3. The van der Waals surface area contributed by atoms with Crippen molar-refractivity contribution in [3.63, 3.8) is 0 Å². The van der Waals surface area contributed by atoms with E-state index in [9.17, 15) is 26.7 Å². The number of ether oxygens (including phenoxy) is 2. The van der Waals surface area contributed by atoms with Crippen molar-refractivity contribution >= 4 is 11.6 Å². The number of halogens is 5. The standard InChI is InChI=1S/C21H18F5N3O3/c1-9-20(27-21(30)12-6-5-11(31-3)7-14(12)32-4)10(2)29(28-9)8-13-15(22)17(24)19(26)18(25)16(13)23/h5-7H,8H2,1-4H3,(H,27,30). The Kier molecular flexibility index (Phi) is 6.37. The average Bonchev–Trinajstić information content (AvgIpc) is 3.05. The van der Waals surface area contributed by atoms with Gasteiger partial charge in [-0.2, -0.15) is 5.10 Å². The van der Waals surface area contributed by atoms with Gasteiger partial charge in [-0.15, -0.1) is 0 Å². The lowest BCUT2D eigenvalue weighted by molar-refractivity contribution is 0.102. The van der Waals surface area contributed by atoms with Crippen LogP contribution in [0.1, 0.15) is 27.3 Å². The van der Waals surface area contributed by atoms with Crippen LogP contribution in [0.3, 0.4) is 0 Å². The maximum Gasteiger partial charge on any atom is 0.259 e. The lowest BCUT2D eigenvalue weighted by atomic mass is 10.1. The molecule has 1 heterocycles. The number of nitrogens with zero attached hydrogens (tertiary/aromatic N) is 2. The van der Waals surface area contributed by atoms with E-state index in [1.54, 1.807) is 6.07 Å². The monoisotopic (exact) mass is 455 g/mol. The van der Waals surface area contributed by atoms with Crippen LogP contribution in [0.4, 0.5) is 27.6 Å². The van der Waals surface area contributed by atoms with E-state index in [1.165, 1.54) is 40.2 Å². The van der Waals surface area contributed by atoms with Crippen molar-refractivity contribution < 1.29 is 36.2 Å². The zero-order valence-electron chi connectivity index (χ0n) is 17.4. The largest absolute Gasteiger partial charge is 0.497 e. The molecule has 0 aliphatic rings. The second kappa shape index (κ2) is 8.85. The molecular weight excluding hydrogens is 437 g/mol. The fraction of sp³-hybridized carbons (Fsp3) is 0.238. The topological polar surface area (TPSA) is 65.4 Å². The van der Waals surface area contributed by atoms with E-state index in [0.29, 0.717) is 5.75 Å². The van der Waals surface area contributed by atoms with Crippen LogP contribution in [0.5, 0.6) is 11.5 Å². The molecule has 0 bridgehead atoms. The Morgan fingerprint density at radius 3 is 2.12 bits per heavy atom. The van der Waals surface area contributed by atoms with Gasteiger partial charge in [-0.25, -0.2) is 22.0 Å². The van der Waals surface area contributed by atoms with Gasteiger partial charge in [0.1, 0.15) is 11.5 Å². The summed E-state index contributed by atoms with van der Waals surface area (Å²) in [5.74, 6) is -10.1. The van der Waals surface area contributed by atoms with Crippen LogP contribution in [0.2, 0.25) is 0 Å². The SMILES string of the molecule is COc1ccc(C(=O)Nc2c(C)nn(Cc3c(F)c(F)c(F)c(F)c3F)c2C)c(OC)c1. The normalized spacial score (nSPS) is 10.9. The molecule has 1 amide bonds. The summed E-state index contributed by atoms with van der Waals surface area (Å²) in [6, 6.07) is 4.56. The van der Waals surface area contributed by atoms with Crippen molar-refractivity contribution in [3.8, 4) is 11.5 Å². The van der Waals surface area contributed by atoms with Crippen LogP contribution in [0.15, 0.2) is 18.2 Å². The highest BCUT2D eigenvalue weighted by atomic mass is 19.2. The molecule has 1 N–H and O–H groups in total. The molecule has 32 heavy (non-hydrogen) atoms. The predicted octanol–water partition coefficient (Wildman–Crippen LogP) is 4.51. The molecule has 3 aromatic rings. The number of aryl methyl sites for hydroxylation is 1. The summed E-state index contributed by atoms with van der Waals surface area (Å²) in [5, 5.41) is 6.70. The molecule has 0 saturated carbocycles. The van der Waals surface area contributed by atoms with E-state index >= 15 is 0 Å². The van der Waals surface area contributed by atoms with Crippen LogP contribution >= 0.6 is 0 Å². The summed E-state index contributed by atoms with van der Waals surface area (Å²) in [7, 11) is 2.84. The summed E-state index contributed by atoms with van der Waals surface area (Å²) >= 11 is 0. The lowest BCUT2D eigenvalue weighted by Gasteiger charge is -2.12. The van der Waals surface area contributed by atoms with Crippen molar-refractivity contribution in [1.29, 1.82) is 0 Å². The number of carbonyl (C=O) groups is 1. The minimum atomic E-state index is -2.24. The Labute approximate surface area is 179 Å². The highest BCUT2D eigenvalue weighted by Crippen LogP contribution is 2.28. The van der Waals surface area contributed by atoms with Crippen molar-refractivity contribution in [2.45, 2.75) is 20.4 Å². The van der Waals surface area contributed by atoms with Gasteiger partial charge in [-0.1, -0.05) is 0 Å². The maximum atomic E-state index is 14.0. The van der Waals surface area contributed by atoms with Crippen molar-refractivity contribution in [2.75, 3.05) is 19.5 Å². The van der Waals surface area contributed by atoms with Crippen LogP contribution in [0, 0.1) is 42.9 Å². The number of amides is 1. The molecule has 11 heteroatoms. The Balaban J connectivity index is 1.94. The number of hydrogen-bond donors (Lipinski definition) is 1. The molecule has 0 saturated heterocycles. The number of benzene rings is 2. The van der Waals surface area contributed by atoms with Crippen LogP contribution in [-0.2, 0) is 6.54 Å². The van der Waals surface area contributed by atoms with Crippen molar-refractivity contribution in [1.82, 2.24) is 9.78 Å². The van der Waals surface area contributed by atoms with E-state index in [-0.39, 0.29) is 28.4 Å².